The van der Waals surface area contributed by atoms with Crippen LogP contribution in [0.15, 0.2) is 40.6 Å². The molecule has 0 aliphatic rings. The van der Waals surface area contributed by atoms with E-state index in [2.05, 4.69) is 0 Å². The third-order valence-corrected chi connectivity index (χ3v) is 4.89. The minimum absolute atomic E-state index is 0.160. The van der Waals surface area contributed by atoms with Crippen molar-refractivity contribution < 1.29 is 4.39 Å². The van der Waals surface area contributed by atoms with Gasteiger partial charge in [-0.2, -0.15) is 0 Å². The fraction of sp³-hybridized carbons (Fsp3) is 0.167. The molecule has 90 valence electrons. The molecule has 5 heteroatoms. The Balaban J connectivity index is 2.00. The monoisotopic (exact) mass is 287 g/mol. The predicted octanol–water partition coefficient (Wildman–Crippen LogP) is 4.33. The Morgan fingerprint density at radius 3 is 2.76 bits per heavy atom. The summed E-state index contributed by atoms with van der Waals surface area (Å²) < 4.78 is 13.4. The molecule has 0 bridgehead atoms. The zero-order valence-corrected chi connectivity index (χ0v) is 11.3. The number of thiophene rings is 1. The minimum Gasteiger partial charge on any atom is -0.323 e. The van der Waals surface area contributed by atoms with E-state index in [0.29, 0.717) is 15.7 Å². The number of hydrogen-bond acceptors (Lipinski definition) is 3. The second-order valence-electron chi connectivity index (χ2n) is 3.48. The van der Waals surface area contributed by atoms with Crippen molar-refractivity contribution in [3.05, 3.63) is 51.4 Å². The number of nitrogens with two attached hydrogens (primary N) is 1. The highest BCUT2D eigenvalue weighted by atomic mass is 35.5. The average Bonchev–Trinajstić information content (AvgIpc) is 2.74. The molecule has 0 aliphatic heterocycles. The van der Waals surface area contributed by atoms with Crippen LogP contribution in [0.3, 0.4) is 0 Å². The van der Waals surface area contributed by atoms with Crippen molar-refractivity contribution in [3.8, 4) is 0 Å². The maximum absolute atomic E-state index is 13.4. The largest absolute Gasteiger partial charge is 0.323 e. The molecule has 1 atom stereocenters. The summed E-state index contributed by atoms with van der Waals surface area (Å²) in [4.78, 5) is 1.58. The van der Waals surface area contributed by atoms with Crippen molar-refractivity contribution in [3.63, 3.8) is 0 Å². The first-order valence-electron chi connectivity index (χ1n) is 5.04. The molecule has 0 aliphatic carbocycles. The van der Waals surface area contributed by atoms with Gasteiger partial charge < -0.3 is 5.73 Å². The summed E-state index contributed by atoms with van der Waals surface area (Å²) in [6, 6.07) is 8.36. The Kier molecular flexibility index (Phi) is 4.45. The number of thioether (sulfide) groups is 1. The highest BCUT2D eigenvalue weighted by molar-refractivity contribution is 7.99. The molecule has 1 unspecified atom stereocenters. The van der Waals surface area contributed by atoms with Crippen molar-refractivity contribution in [1.82, 2.24) is 0 Å². The fourth-order valence-electron chi connectivity index (χ4n) is 1.39. The van der Waals surface area contributed by atoms with Gasteiger partial charge in [-0.25, -0.2) is 4.39 Å². The number of rotatable bonds is 4. The highest BCUT2D eigenvalue weighted by Crippen LogP contribution is 2.31. The summed E-state index contributed by atoms with van der Waals surface area (Å²) in [6.45, 7) is 0. The molecule has 1 nitrogen and oxygen atoms in total. The summed E-state index contributed by atoms with van der Waals surface area (Å²) >= 11 is 8.94. The third kappa shape index (κ3) is 3.22. The second kappa shape index (κ2) is 5.87. The van der Waals surface area contributed by atoms with Crippen LogP contribution in [0.5, 0.6) is 0 Å². The molecule has 2 rings (SSSR count). The summed E-state index contributed by atoms with van der Waals surface area (Å²) in [7, 11) is 0. The van der Waals surface area contributed by atoms with Crippen LogP contribution in [0.2, 0.25) is 5.02 Å². The second-order valence-corrected chi connectivity index (χ2v) is 5.90. The van der Waals surface area contributed by atoms with Crippen LogP contribution < -0.4 is 5.73 Å². The lowest BCUT2D eigenvalue weighted by molar-refractivity contribution is 0.602. The number of halogens is 2. The Morgan fingerprint density at radius 1 is 1.35 bits per heavy atom. The van der Waals surface area contributed by atoms with E-state index in [1.807, 2.05) is 17.5 Å². The molecule has 0 amide bonds. The van der Waals surface area contributed by atoms with Crippen LogP contribution in [0, 0.1) is 5.82 Å². The van der Waals surface area contributed by atoms with E-state index in [0.717, 1.165) is 4.88 Å². The maximum Gasteiger partial charge on any atom is 0.136 e. The summed E-state index contributed by atoms with van der Waals surface area (Å²) in [5, 5.41) is 2.60. The molecule has 1 heterocycles. The van der Waals surface area contributed by atoms with Crippen molar-refractivity contribution in [1.29, 1.82) is 0 Å². The van der Waals surface area contributed by atoms with Gasteiger partial charge in [-0.3, -0.25) is 0 Å². The maximum atomic E-state index is 13.4. The van der Waals surface area contributed by atoms with Gasteiger partial charge in [0.25, 0.3) is 0 Å². The van der Waals surface area contributed by atoms with Crippen LogP contribution >= 0.6 is 34.7 Å². The van der Waals surface area contributed by atoms with Crippen LogP contribution in [0.4, 0.5) is 4.39 Å². The standard InChI is InChI=1S/C12H11ClFNS2/c13-8-5-6-16-12(8)10(15)7-17-11-4-2-1-3-9(11)14/h1-6,10H,7,15H2. The van der Waals surface area contributed by atoms with Gasteiger partial charge >= 0.3 is 0 Å². The van der Waals surface area contributed by atoms with Crippen molar-refractivity contribution in [2.45, 2.75) is 10.9 Å². The number of benzene rings is 1. The van der Waals surface area contributed by atoms with Crippen molar-refractivity contribution >= 4 is 34.7 Å². The zero-order valence-electron chi connectivity index (χ0n) is 8.90. The summed E-state index contributed by atoms with van der Waals surface area (Å²) in [5.41, 5.74) is 6.02. The van der Waals surface area contributed by atoms with Crippen LogP contribution in [0.1, 0.15) is 10.9 Å². The average molecular weight is 288 g/mol. The smallest absolute Gasteiger partial charge is 0.136 e. The van der Waals surface area contributed by atoms with Gasteiger partial charge in [0.15, 0.2) is 0 Å². The van der Waals surface area contributed by atoms with E-state index in [9.17, 15) is 4.39 Å². The Bertz CT molecular complexity index is 501. The first-order valence-corrected chi connectivity index (χ1v) is 7.28. The van der Waals surface area contributed by atoms with Gasteiger partial charge in [0, 0.05) is 21.6 Å². The Morgan fingerprint density at radius 2 is 2.12 bits per heavy atom. The topological polar surface area (TPSA) is 26.0 Å². The fourth-order valence-corrected chi connectivity index (χ4v) is 3.60. The van der Waals surface area contributed by atoms with Crippen molar-refractivity contribution in [2.75, 3.05) is 5.75 Å². The van der Waals surface area contributed by atoms with Crippen LogP contribution in [-0.4, -0.2) is 5.75 Å². The van der Waals surface area contributed by atoms with E-state index in [1.165, 1.54) is 29.2 Å². The first kappa shape index (κ1) is 12.9. The molecule has 2 aromatic rings. The first-order chi connectivity index (χ1) is 8.18. The predicted molar refractivity (Wildman–Crippen MR) is 73.4 cm³/mol. The van der Waals surface area contributed by atoms with Gasteiger partial charge in [-0.15, -0.1) is 23.1 Å². The van der Waals surface area contributed by atoms with E-state index < -0.39 is 0 Å². The molecule has 0 saturated heterocycles. The van der Waals surface area contributed by atoms with E-state index in [-0.39, 0.29) is 11.9 Å². The van der Waals surface area contributed by atoms with Crippen LogP contribution in [0.25, 0.3) is 0 Å². The molecule has 0 fully saturated rings. The molecule has 1 aromatic heterocycles. The van der Waals surface area contributed by atoms with Gasteiger partial charge in [0.05, 0.1) is 5.02 Å². The highest BCUT2D eigenvalue weighted by Gasteiger charge is 2.13. The van der Waals surface area contributed by atoms with Gasteiger partial charge in [-0.05, 0) is 23.6 Å². The van der Waals surface area contributed by atoms with Gasteiger partial charge in [-0.1, -0.05) is 23.7 Å². The van der Waals surface area contributed by atoms with Gasteiger partial charge in [0.1, 0.15) is 5.82 Å². The van der Waals surface area contributed by atoms with E-state index in [1.54, 1.807) is 12.1 Å². The summed E-state index contributed by atoms with van der Waals surface area (Å²) in [6.07, 6.45) is 0. The molecule has 2 N–H and O–H groups in total. The normalized spacial score (nSPS) is 12.6. The minimum atomic E-state index is -0.207. The SMILES string of the molecule is NC(CSc1ccccc1F)c1sccc1Cl. The molecule has 1 aromatic carbocycles. The van der Waals surface area contributed by atoms with E-state index in [4.69, 9.17) is 17.3 Å². The zero-order chi connectivity index (χ0) is 12.3. The lowest BCUT2D eigenvalue weighted by Crippen LogP contribution is -2.11. The quantitative estimate of drug-likeness (QED) is 0.847. The summed E-state index contributed by atoms with van der Waals surface area (Å²) in [5.74, 6) is 0.406. The Labute approximate surface area is 113 Å². The molecular formula is C12H11ClFNS2. The molecular weight excluding hydrogens is 277 g/mol. The van der Waals surface area contributed by atoms with Gasteiger partial charge in [0.2, 0.25) is 0 Å². The molecule has 17 heavy (non-hydrogen) atoms. The van der Waals surface area contributed by atoms with Crippen LogP contribution in [-0.2, 0) is 0 Å². The molecule has 0 radical (unpaired) electrons. The number of hydrogen-bond donors (Lipinski definition) is 1. The molecule has 0 spiro atoms. The van der Waals surface area contributed by atoms with E-state index >= 15 is 0 Å². The lowest BCUT2D eigenvalue weighted by atomic mass is 10.3. The molecule has 0 saturated carbocycles. The van der Waals surface area contributed by atoms with Crippen molar-refractivity contribution in [2.24, 2.45) is 5.73 Å². The lowest BCUT2D eigenvalue weighted by Gasteiger charge is -2.10. The Hall–Kier alpha value is -0.550. The third-order valence-electron chi connectivity index (χ3n) is 2.24.